The minimum absolute atomic E-state index is 0.0236. The first kappa shape index (κ1) is 16.2. The summed E-state index contributed by atoms with van der Waals surface area (Å²) in [6.07, 6.45) is 8.51. The second kappa shape index (κ2) is 6.55. The molecule has 1 aliphatic carbocycles. The summed E-state index contributed by atoms with van der Waals surface area (Å²) in [4.78, 5) is 40.3. The highest BCUT2D eigenvalue weighted by Gasteiger charge is 2.36. The summed E-state index contributed by atoms with van der Waals surface area (Å²) in [6.45, 7) is 0. The Labute approximate surface area is 149 Å². The average molecular weight is 350 g/mol. The number of carbonyl (C=O) groups is 1. The first-order valence-corrected chi connectivity index (χ1v) is 8.42. The van der Waals surface area contributed by atoms with Crippen LogP contribution in [0.1, 0.15) is 35.1 Å². The predicted molar refractivity (Wildman–Crippen MR) is 94.2 cm³/mol. The van der Waals surface area contributed by atoms with Gasteiger partial charge in [0.1, 0.15) is 17.1 Å². The van der Waals surface area contributed by atoms with Crippen molar-refractivity contribution in [1.29, 1.82) is 0 Å². The molecule has 0 saturated heterocycles. The first-order chi connectivity index (χ1) is 12.6. The summed E-state index contributed by atoms with van der Waals surface area (Å²) >= 11 is 0. The van der Waals surface area contributed by atoms with Gasteiger partial charge < -0.3 is 14.9 Å². The van der Waals surface area contributed by atoms with Gasteiger partial charge in [0.2, 0.25) is 0 Å². The number of hydrogen-bond acceptors (Lipinski definition) is 5. The third-order valence-electron chi connectivity index (χ3n) is 4.47. The molecule has 1 saturated carbocycles. The molecule has 0 bridgehead atoms. The van der Waals surface area contributed by atoms with Crippen molar-refractivity contribution in [2.45, 2.75) is 18.9 Å². The van der Waals surface area contributed by atoms with Crippen molar-refractivity contribution >= 4 is 5.91 Å². The molecule has 0 aliphatic heterocycles. The van der Waals surface area contributed by atoms with E-state index in [9.17, 15) is 9.59 Å². The van der Waals surface area contributed by atoms with Crippen LogP contribution >= 0.6 is 0 Å². The Morgan fingerprint density at radius 2 is 2.12 bits per heavy atom. The molecule has 3 heterocycles. The number of aryl methyl sites for hydroxylation is 1. The highest BCUT2D eigenvalue weighted by molar-refractivity contribution is 5.93. The largest absolute Gasteiger partial charge is 0.342 e. The van der Waals surface area contributed by atoms with Crippen molar-refractivity contribution in [3.63, 3.8) is 0 Å². The lowest BCUT2D eigenvalue weighted by Crippen LogP contribution is -2.35. The van der Waals surface area contributed by atoms with Gasteiger partial charge in [0.25, 0.3) is 11.5 Å². The van der Waals surface area contributed by atoms with Gasteiger partial charge in [-0.2, -0.15) is 0 Å². The number of imidazole rings is 1. The van der Waals surface area contributed by atoms with E-state index in [-0.39, 0.29) is 11.6 Å². The normalized spacial score (nSPS) is 14.8. The number of aromatic amines is 1. The topological polar surface area (TPSA) is 106 Å². The number of carbonyl (C=O) groups excluding carboxylic acids is 1. The Morgan fingerprint density at radius 1 is 1.27 bits per heavy atom. The van der Waals surface area contributed by atoms with E-state index in [1.54, 1.807) is 30.6 Å². The fourth-order valence-corrected chi connectivity index (χ4v) is 2.91. The van der Waals surface area contributed by atoms with Gasteiger partial charge in [-0.15, -0.1) is 0 Å². The first-order valence-electron chi connectivity index (χ1n) is 8.42. The molecular formula is C18H18N6O2. The minimum atomic E-state index is -0.493. The summed E-state index contributed by atoms with van der Waals surface area (Å²) in [6, 6.07) is 5.11. The lowest BCUT2D eigenvalue weighted by atomic mass is 10.1. The van der Waals surface area contributed by atoms with E-state index in [0.717, 1.165) is 18.7 Å². The van der Waals surface area contributed by atoms with E-state index in [1.807, 2.05) is 17.8 Å². The van der Waals surface area contributed by atoms with Crippen LogP contribution in [-0.4, -0.2) is 30.4 Å². The fourth-order valence-electron chi connectivity index (χ4n) is 2.91. The lowest BCUT2D eigenvalue weighted by molar-refractivity contribution is 0.0927. The fraction of sp³-hybridized carbons (Fsp3) is 0.278. The highest BCUT2D eigenvalue weighted by atomic mass is 16.2. The van der Waals surface area contributed by atoms with Gasteiger partial charge in [0.05, 0.1) is 6.04 Å². The van der Waals surface area contributed by atoms with Crippen molar-refractivity contribution in [1.82, 2.24) is 29.8 Å². The summed E-state index contributed by atoms with van der Waals surface area (Å²) in [5.41, 5.74) is 0.0255. The van der Waals surface area contributed by atoms with Crippen LogP contribution in [0.4, 0.5) is 0 Å². The van der Waals surface area contributed by atoms with Crippen molar-refractivity contribution in [2.75, 3.05) is 0 Å². The molecule has 26 heavy (non-hydrogen) atoms. The smallest absolute Gasteiger partial charge is 0.264 e. The van der Waals surface area contributed by atoms with Crippen LogP contribution in [0.2, 0.25) is 0 Å². The van der Waals surface area contributed by atoms with E-state index in [1.165, 1.54) is 6.20 Å². The van der Waals surface area contributed by atoms with Crippen LogP contribution in [0.15, 0.2) is 47.8 Å². The van der Waals surface area contributed by atoms with Gasteiger partial charge in [0, 0.05) is 31.8 Å². The van der Waals surface area contributed by atoms with Crippen LogP contribution in [0.5, 0.6) is 0 Å². The van der Waals surface area contributed by atoms with Crippen LogP contribution in [0.25, 0.3) is 11.5 Å². The molecule has 8 heteroatoms. The van der Waals surface area contributed by atoms with Crippen molar-refractivity contribution in [3.05, 3.63) is 64.7 Å². The number of nitrogens with zero attached hydrogens (tertiary/aromatic N) is 4. The molecule has 3 aromatic heterocycles. The lowest BCUT2D eigenvalue weighted by Gasteiger charge is -2.17. The Kier molecular flexibility index (Phi) is 4.08. The van der Waals surface area contributed by atoms with E-state index >= 15 is 0 Å². The number of aromatic nitrogens is 5. The monoisotopic (exact) mass is 350 g/mol. The molecule has 0 spiro atoms. The quantitative estimate of drug-likeness (QED) is 0.724. The molecule has 0 radical (unpaired) electrons. The maximum atomic E-state index is 12.6. The van der Waals surface area contributed by atoms with Gasteiger partial charge in [-0.1, -0.05) is 6.07 Å². The molecular weight excluding hydrogens is 332 g/mol. The SMILES string of the molecule is Cn1ccnc1C(NC(=O)c1cnc(-c2ccccn2)[nH]c1=O)C1CC1. The Morgan fingerprint density at radius 3 is 2.73 bits per heavy atom. The molecule has 1 unspecified atom stereocenters. The minimum Gasteiger partial charge on any atom is -0.342 e. The second-order valence-corrected chi connectivity index (χ2v) is 6.37. The van der Waals surface area contributed by atoms with Crippen LogP contribution in [-0.2, 0) is 7.05 Å². The van der Waals surface area contributed by atoms with Gasteiger partial charge in [-0.25, -0.2) is 9.97 Å². The molecule has 1 amide bonds. The maximum absolute atomic E-state index is 12.6. The third kappa shape index (κ3) is 3.13. The summed E-state index contributed by atoms with van der Waals surface area (Å²) in [5, 5.41) is 2.94. The van der Waals surface area contributed by atoms with E-state index in [4.69, 9.17) is 0 Å². The predicted octanol–water partition coefficient (Wildman–Crippen LogP) is 1.45. The number of pyridine rings is 1. The van der Waals surface area contributed by atoms with Gasteiger partial charge >= 0.3 is 0 Å². The number of H-pyrrole nitrogens is 1. The molecule has 3 aromatic rings. The summed E-state index contributed by atoms with van der Waals surface area (Å²) < 4.78 is 1.88. The van der Waals surface area contributed by atoms with Crippen molar-refractivity contribution < 1.29 is 4.79 Å². The molecule has 8 nitrogen and oxygen atoms in total. The summed E-state index contributed by atoms with van der Waals surface area (Å²) in [7, 11) is 1.89. The van der Waals surface area contributed by atoms with Crippen molar-refractivity contribution in [3.8, 4) is 11.5 Å². The molecule has 1 atom stereocenters. The van der Waals surface area contributed by atoms with Crippen LogP contribution in [0, 0.1) is 5.92 Å². The van der Waals surface area contributed by atoms with Crippen LogP contribution < -0.4 is 10.9 Å². The van der Waals surface area contributed by atoms with Gasteiger partial charge in [-0.05, 0) is 30.9 Å². The Hall–Kier alpha value is -3.29. The second-order valence-electron chi connectivity index (χ2n) is 6.37. The van der Waals surface area contributed by atoms with Gasteiger partial charge in [-0.3, -0.25) is 14.6 Å². The Bertz CT molecular complexity index is 990. The molecule has 132 valence electrons. The Balaban J connectivity index is 1.58. The average Bonchev–Trinajstić information content (AvgIpc) is 3.41. The zero-order valence-corrected chi connectivity index (χ0v) is 14.2. The van der Waals surface area contributed by atoms with E-state index < -0.39 is 11.5 Å². The number of amides is 1. The zero-order chi connectivity index (χ0) is 18.1. The summed E-state index contributed by atoms with van der Waals surface area (Å²) in [5.74, 6) is 1.01. The molecule has 2 N–H and O–H groups in total. The highest BCUT2D eigenvalue weighted by Crippen LogP contribution is 2.40. The number of hydrogen-bond donors (Lipinski definition) is 2. The zero-order valence-electron chi connectivity index (χ0n) is 14.2. The standard InChI is InChI=1S/C18H18N6O2/c1-24-9-8-20-16(24)14(11-5-6-11)22-17(25)12-10-21-15(23-18(12)26)13-4-2-3-7-19-13/h2-4,7-11,14H,5-6H2,1H3,(H,22,25)(H,21,23,26). The number of nitrogens with one attached hydrogen (secondary N) is 2. The van der Waals surface area contributed by atoms with Gasteiger partial charge in [0.15, 0.2) is 5.82 Å². The van der Waals surface area contributed by atoms with E-state index in [2.05, 4.69) is 25.3 Å². The third-order valence-corrected chi connectivity index (χ3v) is 4.47. The molecule has 1 fully saturated rings. The number of rotatable bonds is 5. The van der Waals surface area contributed by atoms with Crippen molar-refractivity contribution in [2.24, 2.45) is 13.0 Å². The molecule has 1 aliphatic rings. The molecule has 4 rings (SSSR count). The van der Waals surface area contributed by atoms with E-state index in [0.29, 0.717) is 17.4 Å². The molecule has 0 aromatic carbocycles. The van der Waals surface area contributed by atoms with Crippen LogP contribution in [0.3, 0.4) is 0 Å². The maximum Gasteiger partial charge on any atom is 0.264 e.